The molecule has 25 heavy (non-hydrogen) atoms. The van der Waals surface area contributed by atoms with Crippen LogP contribution in [0, 0.1) is 18.6 Å². The Labute approximate surface area is 150 Å². The molecular weight excluding hydrogens is 342 g/mol. The Kier molecular flexibility index (Phi) is 5.34. The van der Waals surface area contributed by atoms with Gasteiger partial charge in [-0.3, -0.25) is 0 Å². The Balaban J connectivity index is 1.80. The van der Waals surface area contributed by atoms with Crippen LogP contribution in [0.5, 0.6) is 5.75 Å². The zero-order valence-corrected chi connectivity index (χ0v) is 14.5. The largest absolute Gasteiger partial charge is 0.489 e. The summed E-state index contributed by atoms with van der Waals surface area (Å²) in [7, 11) is 0. The first-order chi connectivity index (χ1) is 12.0. The average Bonchev–Trinajstić information content (AvgIpc) is 2.59. The van der Waals surface area contributed by atoms with Gasteiger partial charge < -0.3 is 4.74 Å². The van der Waals surface area contributed by atoms with Gasteiger partial charge in [-0.05, 0) is 59.5 Å². The third-order valence-electron chi connectivity index (χ3n) is 4.06. The molecule has 3 aromatic rings. The maximum absolute atomic E-state index is 14.0. The summed E-state index contributed by atoms with van der Waals surface area (Å²) in [6.45, 7) is 2.16. The van der Waals surface area contributed by atoms with Gasteiger partial charge in [0.2, 0.25) is 0 Å². The van der Waals surface area contributed by atoms with Crippen LogP contribution in [0.15, 0.2) is 60.7 Å². The zero-order chi connectivity index (χ0) is 17.8. The lowest BCUT2D eigenvalue weighted by Crippen LogP contribution is -2.02. The van der Waals surface area contributed by atoms with Gasteiger partial charge in [0.15, 0.2) is 0 Å². The number of halogens is 3. The molecule has 0 unspecified atom stereocenters. The van der Waals surface area contributed by atoms with Crippen molar-refractivity contribution >= 4 is 11.6 Å². The summed E-state index contributed by atoms with van der Waals surface area (Å²) in [5.41, 5.74) is 3.15. The molecule has 0 aliphatic heterocycles. The van der Waals surface area contributed by atoms with Gasteiger partial charge in [-0.15, -0.1) is 0 Å². The van der Waals surface area contributed by atoms with E-state index in [2.05, 4.69) is 0 Å². The van der Waals surface area contributed by atoms with Crippen molar-refractivity contribution in [1.29, 1.82) is 0 Å². The molecule has 1 nitrogen and oxygen atoms in total. The molecule has 128 valence electrons. The number of ether oxygens (including phenoxy) is 1. The van der Waals surface area contributed by atoms with Crippen molar-refractivity contribution in [3.63, 3.8) is 0 Å². The number of hydrogen-bond donors (Lipinski definition) is 0. The second-order valence-electron chi connectivity index (χ2n) is 5.88. The van der Waals surface area contributed by atoms with E-state index in [9.17, 15) is 8.78 Å². The summed E-state index contributed by atoms with van der Waals surface area (Å²) in [4.78, 5) is 0. The molecule has 0 heterocycles. The van der Waals surface area contributed by atoms with Gasteiger partial charge in [-0.2, -0.15) is 0 Å². The predicted molar refractivity (Wildman–Crippen MR) is 96.1 cm³/mol. The first kappa shape index (κ1) is 17.4. The molecule has 3 rings (SSSR count). The maximum Gasteiger partial charge on any atom is 0.128 e. The van der Waals surface area contributed by atoms with Gasteiger partial charge in [0.05, 0.1) is 0 Å². The van der Waals surface area contributed by atoms with E-state index in [0.29, 0.717) is 22.8 Å². The SMILES string of the molecule is Cc1ccc(F)cc1COc1ccccc1Cc1ccc(Cl)cc1F. The van der Waals surface area contributed by atoms with E-state index in [1.54, 1.807) is 18.2 Å². The van der Waals surface area contributed by atoms with E-state index < -0.39 is 0 Å². The van der Waals surface area contributed by atoms with Crippen LogP contribution < -0.4 is 4.74 Å². The number of rotatable bonds is 5. The Morgan fingerprint density at radius 1 is 0.880 bits per heavy atom. The second-order valence-corrected chi connectivity index (χ2v) is 6.32. The number of benzene rings is 3. The van der Waals surface area contributed by atoms with Crippen LogP contribution in [0.25, 0.3) is 0 Å². The summed E-state index contributed by atoms with van der Waals surface area (Å²) in [6, 6.07) is 16.7. The predicted octanol–water partition coefficient (Wildman–Crippen LogP) is 6.10. The van der Waals surface area contributed by atoms with E-state index in [0.717, 1.165) is 16.7 Å². The molecule has 0 spiro atoms. The molecule has 0 aliphatic carbocycles. The molecule has 0 saturated heterocycles. The highest BCUT2D eigenvalue weighted by atomic mass is 35.5. The fourth-order valence-corrected chi connectivity index (χ4v) is 2.77. The van der Waals surface area contributed by atoms with Crippen LogP contribution in [0.2, 0.25) is 5.02 Å². The van der Waals surface area contributed by atoms with Gasteiger partial charge in [0.25, 0.3) is 0 Å². The standard InChI is InChI=1S/C21H17ClF2O/c1-14-6-9-19(23)11-17(14)13-25-21-5-3-2-4-16(21)10-15-7-8-18(22)12-20(15)24/h2-9,11-12H,10,13H2,1H3. The van der Waals surface area contributed by atoms with E-state index in [1.807, 2.05) is 31.2 Å². The Bertz CT molecular complexity index is 893. The normalized spacial score (nSPS) is 10.7. The highest BCUT2D eigenvalue weighted by Gasteiger charge is 2.09. The van der Waals surface area contributed by atoms with Crippen molar-refractivity contribution in [2.45, 2.75) is 20.0 Å². The highest BCUT2D eigenvalue weighted by Crippen LogP contribution is 2.25. The van der Waals surface area contributed by atoms with Crippen LogP contribution in [-0.2, 0) is 13.0 Å². The number of aryl methyl sites for hydroxylation is 1. The molecule has 4 heteroatoms. The lowest BCUT2D eigenvalue weighted by atomic mass is 10.0. The van der Waals surface area contributed by atoms with Crippen LogP contribution in [0.1, 0.15) is 22.3 Å². The van der Waals surface area contributed by atoms with Crippen molar-refractivity contribution in [1.82, 2.24) is 0 Å². The molecule has 0 amide bonds. The molecule has 0 saturated carbocycles. The van der Waals surface area contributed by atoms with Crippen molar-refractivity contribution in [2.75, 3.05) is 0 Å². The topological polar surface area (TPSA) is 9.23 Å². The van der Waals surface area contributed by atoms with E-state index >= 15 is 0 Å². The third-order valence-corrected chi connectivity index (χ3v) is 4.30. The van der Waals surface area contributed by atoms with Gasteiger partial charge in [-0.25, -0.2) is 8.78 Å². The first-order valence-corrected chi connectivity index (χ1v) is 8.30. The molecule has 0 bridgehead atoms. The molecule has 0 atom stereocenters. The van der Waals surface area contributed by atoms with Crippen LogP contribution in [0.4, 0.5) is 8.78 Å². The van der Waals surface area contributed by atoms with E-state index in [1.165, 1.54) is 18.2 Å². The fraction of sp³-hybridized carbons (Fsp3) is 0.143. The lowest BCUT2D eigenvalue weighted by Gasteiger charge is -2.13. The molecule has 0 radical (unpaired) electrons. The smallest absolute Gasteiger partial charge is 0.128 e. The summed E-state index contributed by atoms with van der Waals surface area (Å²) in [5, 5.41) is 0.368. The number of hydrogen-bond acceptors (Lipinski definition) is 1. The van der Waals surface area contributed by atoms with E-state index in [-0.39, 0.29) is 18.2 Å². The van der Waals surface area contributed by atoms with Crippen molar-refractivity contribution in [3.8, 4) is 5.75 Å². The minimum absolute atomic E-state index is 0.254. The van der Waals surface area contributed by atoms with Crippen molar-refractivity contribution < 1.29 is 13.5 Å². The van der Waals surface area contributed by atoms with Crippen molar-refractivity contribution in [3.05, 3.63) is 99.6 Å². The second kappa shape index (κ2) is 7.66. The minimum Gasteiger partial charge on any atom is -0.489 e. The zero-order valence-electron chi connectivity index (χ0n) is 13.7. The molecule has 0 aliphatic rings. The average molecular weight is 359 g/mol. The van der Waals surface area contributed by atoms with Crippen LogP contribution >= 0.6 is 11.6 Å². The molecule has 0 fully saturated rings. The van der Waals surface area contributed by atoms with Crippen LogP contribution in [-0.4, -0.2) is 0 Å². The van der Waals surface area contributed by atoms with E-state index in [4.69, 9.17) is 16.3 Å². The monoisotopic (exact) mass is 358 g/mol. The molecule has 3 aromatic carbocycles. The molecule has 0 N–H and O–H groups in total. The van der Waals surface area contributed by atoms with Crippen molar-refractivity contribution in [2.24, 2.45) is 0 Å². The first-order valence-electron chi connectivity index (χ1n) is 7.92. The van der Waals surface area contributed by atoms with Gasteiger partial charge in [0.1, 0.15) is 24.0 Å². The fourth-order valence-electron chi connectivity index (χ4n) is 2.61. The summed E-state index contributed by atoms with van der Waals surface area (Å²) >= 11 is 5.80. The lowest BCUT2D eigenvalue weighted by molar-refractivity contribution is 0.302. The Morgan fingerprint density at radius 3 is 2.48 bits per heavy atom. The third kappa shape index (κ3) is 4.37. The van der Waals surface area contributed by atoms with Gasteiger partial charge in [0, 0.05) is 11.4 Å². The number of para-hydroxylation sites is 1. The maximum atomic E-state index is 14.0. The van der Waals surface area contributed by atoms with Crippen LogP contribution in [0.3, 0.4) is 0 Å². The summed E-state index contributed by atoms with van der Waals surface area (Å²) in [5.74, 6) is 0.0181. The Morgan fingerprint density at radius 2 is 1.68 bits per heavy atom. The quantitative estimate of drug-likeness (QED) is 0.535. The molecular formula is C21H17ClF2O. The van der Waals surface area contributed by atoms with Gasteiger partial charge >= 0.3 is 0 Å². The van der Waals surface area contributed by atoms with Gasteiger partial charge in [-0.1, -0.05) is 41.9 Å². The highest BCUT2D eigenvalue weighted by molar-refractivity contribution is 6.30. The summed E-state index contributed by atoms with van der Waals surface area (Å²) in [6.07, 6.45) is 0.390. The Hall–Kier alpha value is -2.39. The summed E-state index contributed by atoms with van der Waals surface area (Å²) < 4.78 is 33.3. The minimum atomic E-state index is -0.344. The molecule has 0 aromatic heterocycles.